The van der Waals surface area contributed by atoms with Crippen LogP contribution < -0.4 is 10.6 Å². The molecule has 1 aromatic carbocycles. The molecular weight excluding hydrogens is 260 g/mol. The fourth-order valence-corrected chi connectivity index (χ4v) is 3.65. The second-order valence-electron chi connectivity index (χ2n) is 6.61. The quantitative estimate of drug-likeness (QED) is 0.871. The van der Waals surface area contributed by atoms with Gasteiger partial charge in [-0.3, -0.25) is 4.79 Å². The lowest BCUT2D eigenvalue weighted by molar-refractivity contribution is -0.119. The Morgan fingerprint density at radius 2 is 1.95 bits per heavy atom. The molecule has 114 valence electrons. The van der Waals surface area contributed by atoms with Crippen molar-refractivity contribution in [2.75, 3.05) is 12.4 Å². The van der Waals surface area contributed by atoms with Gasteiger partial charge in [-0.1, -0.05) is 31.0 Å². The minimum absolute atomic E-state index is 0.0729. The fourth-order valence-electron chi connectivity index (χ4n) is 3.65. The van der Waals surface area contributed by atoms with Crippen LogP contribution in [-0.4, -0.2) is 19.0 Å². The number of para-hydroxylation sites is 1. The number of carbonyl (C=O) groups is 1. The van der Waals surface area contributed by atoms with Gasteiger partial charge in [-0.05, 0) is 49.1 Å². The number of hydrogen-bond acceptors (Lipinski definition) is 2. The van der Waals surface area contributed by atoms with Gasteiger partial charge in [0, 0.05) is 18.8 Å². The molecule has 0 radical (unpaired) electrons. The summed E-state index contributed by atoms with van der Waals surface area (Å²) in [6.07, 6.45) is 8.68. The molecule has 1 aromatic rings. The van der Waals surface area contributed by atoms with Gasteiger partial charge in [-0.25, -0.2) is 0 Å². The Hall–Kier alpha value is -1.51. The molecular formula is C18H26N2O. The third kappa shape index (κ3) is 3.78. The first kappa shape index (κ1) is 14.4. The van der Waals surface area contributed by atoms with Crippen molar-refractivity contribution < 1.29 is 4.79 Å². The van der Waals surface area contributed by atoms with Crippen LogP contribution in [0.5, 0.6) is 0 Å². The topological polar surface area (TPSA) is 41.1 Å². The van der Waals surface area contributed by atoms with Crippen LogP contribution in [0.3, 0.4) is 0 Å². The lowest BCUT2D eigenvalue weighted by Crippen LogP contribution is -2.29. The summed E-state index contributed by atoms with van der Waals surface area (Å²) in [5, 5.41) is 6.42. The summed E-state index contributed by atoms with van der Waals surface area (Å²) in [5.74, 6) is 2.02. The molecule has 0 spiro atoms. The maximum absolute atomic E-state index is 11.6. The molecule has 0 bridgehead atoms. The fraction of sp³-hybridized carbons (Fsp3) is 0.611. The number of likely N-dealkylation sites (N-methyl/N-ethyl adjacent to an activating group) is 1. The summed E-state index contributed by atoms with van der Waals surface area (Å²) >= 11 is 0. The monoisotopic (exact) mass is 286 g/mol. The Balaban J connectivity index is 1.64. The van der Waals surface area contributed by atoms with E-state index in [1.54, 1.807) is 7.05 Å². The maximum Gasteiger partial charge on any atom is 0.224 e. The molecule has 2 unspecified atom stereocenters. The summed E-state index contributed by atoms with van der Waals surface area (Å²) in [4.78, 5) is 11.6. The molecule has 0 heterocycles. The van der Waals surface area contributed by atoms with Crippen LogP contribution in [0.1, 0.15) is 44.1 Å². The van der Waals surface area contributed by atoms with Crippen LogP contribution in [0.4, 0.5) is 5.69 Å². The summed E-state index contributed by atoms with van der Waals surface area (Å²) in [7, 11) is 1.69. The Bertz CT molecular complexity index is 496. The molecule has 3 heteroatoms. The molecule has 2 N–H and O–H groups in total. The molecule has 0 aromatic heterocycles. The van der Waals surface area contributed by atoms with Crippen molar-refractivity contribution in [2.24, 2.45) is 11.8 Å². The van der Waals surface area contributed by atoms with Gasteiger partial charge >= 0.3 is 0 Å². The van der Waals surface area contributed by atoms with Gasteiger partial charge in [0.05, 0.1) is 6.42 Å². The molecule has 21 heavy (non-hydrogen) atoms. The zero-order valence-corrected chi connectivity index (χ0v) is 12.9. The van der Waals surface area contributed by atoms with Gasteiger partial charge in [0.2, 0.25) is 5.91 Å². The van der Waals surface area contributed by atoms with Crippen molar-refractivity contribution >= 4 is 11.6 Å². The molecule has 3 rings (SSSR count). The highest BCUT2D eigenvalue weighted by atomic mass is 16.1. The average Bonchev–Trinajstić information content (AvgIpc) is 3.34. The predicted octanol–water partition coefficient (Wildman–Crippen LogP) is 3.36. The smallest absolute Gasteiger partial charge is 0.224 e. The van der Waals surface area contributed by atoms with Crippen LogP contribution in [0.2, 0.25) is 0 Å². The molecule has 1 amide bonds. The zero-order valence-electron chi connectivity index (χ0n) is 12.9. The van der Waals surface area contributed by atoms with E-state index in [2.05, 4.69) is 28.8 Å². The van der Waals surface area contributed by atoms with Crippen molar-refractivity contribution in [3.8, 4) is 0 Å². The summed E-state index contributed by atoms with van der Waals surface area (Å²) < 4.78 is 0. The Labute approximate surface area is 127 Å². The molecule has 2 fully saturated rings. The minimum Gasteiger partial charge on any atom is -0.382 e. The van der Waals surface area contributed by atoms with Crippen LogP contribution in [-0.2, 0) is 11.2 Å². The first-order valence-electron chi connectivity index (χ1n) is 8.31. The van der Waals surface area contributed by atoms with E-state index in [9.17, 15) is 4.79 Å². The van der Waals surface area contributed by atoms with Gasteiger partial charge in [-0.2, -0.15) is 0 Å². The second-order valence-corrected chi connectivity index (χ2v) is 6.61. The molecule has 0 saturated heterocycles. The summed E-state index contributed by atoms with van der Waals surface area (Å²) in [6.45, 7) is 0. The predicted molar refractivity (Wildman–Crippen MR) is 86.3 cm³/mol. The number of carbonyl (C=O) groups excluding carboxylic acids is 1. The Kier molecular flexibility index (Phi) is 4.47. The molecule has 2 saturated carbocycles. The van der Waals surface area contributed by atoms with Gasteiger partial charge in [0.25, 0.3) is 0 Å². The van der Waals surface area contributed by atoms with Gasteiger partial charge in [0.1, 0.15) is 0 Å². The third-order valence-corrected chi connectivity index (χ3v) is 5.01. The van der Waals surface area contributed by atoms with E-state index >= 15 is 0 Å². The van der Waals surface area contributed by atoms with Crippen LogP contribution in [0.15, 0.2) is 24.3 Å². The van der Waals surface area contributed by atoms with Crippen LogP contribution >= 0.6 is 0 Å². The number of benzene rings is 1. The zero-order chi connectivity index (χ0) is 14.7. The van der Waals surface area contributed by atoms with E-state index in [0.717, 1.165) is 23.1 Å². The number of rotatable bonds is 5. The number of anilines is 1. The summed E-state index contributed by atoms with van der Waals surface area (Å²) in [6, 6.07) is 8.81. The second kappa shape index (κ2) is 6.50. The van der Waals surface area contributed by atoms with Crippen molar-refractivity contribution in [3.63, 3.8) is 0 Å². The van der Waals surface area contributed by atoms with Crippen LogP contribution in [0, 0.1) is 11.8 Å². The highest BCUT2D eigenvalue weighted by molar-refractivity contribution is 5.80. The number of hydrogen-bond donors (Lipinski definition) is 2. The largest absolute Gasteiger partial charge is 0.382 e. The normalized spacial score (nSPS) is 25.4. The molecule has 2 aliphatic carbocycles. The van der Waals surface area contributed by atoms with Gasteiger partial charge in [-0.15, -0.1) is 0 Å². The molecule has 2 aliphatic rings. The van der Waals surface area contributed by atoms with Crippen LogP contribution in [0.25, 0.3) is 0 Å². The first-order chi connectivity index (χ1) is 10.3. The van der Waals surface area contributed by atoms with Crippen molar-refractivity contribution in [2.45, 2.75) is 51.0 Å². The number of nitrogens with one attached hydrogen (secondary N) is 2. The van der Waals surface area contributed by atoms with Crippen molar-refractivity contribution in [1.82, 2.24) is 5.32 Å². The number of amides is 1. The van der Waals surface area contributed by atoms with E-state index in [1.807, 2.05) is 6.07 Å². The van der Waals surface area contributed by atoms with E-state index in [4.69, 9.17) is 0 Å². The molecule has 0 aliphatic heterocycles. The highest BCUT2D eigenvalue weighted by Gasteiger charge is 2.34. The Morgan fingerprint density at radius 1 is 1.14 bits per heavy atom. The van der Waals surface area contributed by atoms with E-state index in [0.29, 0.717) is 12.5 Å². The lowest BCUT2D eigenvalue weighted by Gasteiger charge is -2.31. The average molecular weight is 286 g/mol. The lowest BCUT2D eigenvalue weighted by atomic mass is 9.82. The van der Waals surface area contributed by atoms with Crippen molar-refractivity contribution in [1.29, 1.82) is 0 Å². The SMILES string of the molecule is CNC(=O)Cc1ccccc1NC1CCCC(C2CC2)C1. The van der Waals surface area contributed by atoms with E-state index in [-0.39, 0.29) is 5.91 Å². The van der Waals surface area contributed by atoms with Gasteiger partial charge in [0.15, 0.2) is 0 Å². The van der Waals surface area contributed by atoms with E-state index in [1.165, 1.54) is 38.5 Å². The van der Waals surface area contributed by atoms with Crippen molar-refractivity contribution in [3.05, 3.63) is 29.8 Å². The maximum atomic E-state index is 11.6. The standard InChI is InChI=1S/C18H26N2O/c1-19-18(21)12-15-5-2-3-8-17(15)20-16-7-4-6-14(11-16)13-9-10-13/h2-3,5,8,13-14,16,20H,4,6-7,9-12H2,1H3,(H,19,21). The highest BCUT2D eigenvalue weighted by Crippen LogP contribution is 2.44. The van der Waals surface area contributed by atoms with Gasteiger partial charge < -0.3 is 10.6 Å². The van der Waals surface area contributed by atoms with E-state index < -0.39 is 0 Å². The molecule has 2 atom stereocenters. The third-order valence-electron chi connectivity index (χ3n) is 5.01. The minimum atomic E-state index is 0.0729. The Morgan fingerprint density at radius 3 is 2.71 bits per heavy atom. The first-order valence-corrected chi connectivity index (χ1v) is 8.31. The summed E-state index contributed by atoms with van der Waals surface area (Å²) in [5.41, 5.74) is 2.24. The molecule has 3 nitrogen and oxygen atoms in total.